The number of β-amino-alcohol motifs (C(OH)–C–C–N with tert-alkyl or cyclic N) is 1. The number of aryl methyl sites for hydroxylation is 3. The first-order valence-corrected chi connectivity index (χ1v) is 10.8. The molecule has 2 atom stereocenters. The van der Waals surface area contributed by atoms with Crippen molar-refractivity contribution in [2.24, 2.45) is 7.05 Å². The summed E-state index contributed by atoms with van der Waals surface area (Å²) in [4.78, 5) is 9.55. The Morgan fingerprint density at radius 3 is 2.40 bits per heavy atom. The van der Waals surface area contributed by atoms with Gasteiger partial charge in [0.15, 0.2) is 0 Å². The monoisotopic (exact) mass is 404 g/mol. The lowest BCUT2D eigenvalue weighted by Crippen LogP contribution is -2.49. The van der Waals surface area contributed by atoms with Crippen molar-refractivity contribution in [1.29, 1.82) is 0 Å². The number of aliphatic hydroxyl groups excluding tert-OH is 1. The topological polar surface area (TPSA) is 44.5 Å². The molecule has 5 heteroatoms. The standard InChI is InChI=1S/C25H32N4O/c1-19-9-10-20(2)22(17-19)23(30)18-28-13-15-29(16-14-28)24(21-7-5-4-6-8-21)25-26-11-12-27(25)3/h4-12,17,23-24,30H,13-16,18H2,1-3H3/t23-,24+/m0/s1. The number of hydrogen-bond donors (Lipinski definition) is 1. The predicted octanol–water partition coefficient (Wildman–Crippen LogP) is 3.48. The van der Waals surface area contributed by atoms with Gasteiger partial charge in [-0.25, -0.2) is 4.98 Å². The van der Waals surface area contributed by atoms with Crippen molar-refractivity contribution in [3.63, 3.8) is 0 Å². The summed E-state index contributed by atoms with van der Waals surface area (Å²) in [5.41, 5.74) is 4.68. The Hall–Kier alpha value is -2.47. The van der Waals surface area contributed by atoms with E-state index >= 15 is 0 Å². The molecular formula is C25H32N4O. The van der Waals surface area contributed by atoms with Crippen molar-refractivity contribution in [3.05, 3.63) is 89.0 Å². The van der Waals surface area contributed by atoms with Gasteiger partial charge in [-0.2, -0.15) is 0 Å². The van der Waals surface area contributed by atoms with Crippen LogP contribution in [0.25, 0.3) is 0 Å². The highest BCUT2D eigenvalue weighted by atomic mass is 16.3. The first-order chi connectivity index (χ1) is 14.5. The van der Waals surface area contributed by atoms with Crippen molar-refractivity contribution < 1.29 is 5.11 Å². The minimum absolute atomic E-state index is 0.150. The van der Waals surface area contributed by atoms with Gasteiger partial charge in [0.05, 0.1) is 12.1 Å². The Kier molecular flexibility index (Phi) is 6.32. The van der Waals surface area contributed by atoms with Crippen LogP contribution < -0.4 is 0 Å². The normalized spacial score (nSPS) is 17.7. The third kappa shape index (κ3) is 4.48. The molecule has 0 bridgehead atoms. The second-order valence-electron chi connectivity index (χ2n) is 8.42. The van der Waals surface area contributed by atoms with Gasteiger partial charge in [-0.1, -0.05) is 54.1 Å². The average Bonchev–Trinajstić information content (AvgIpc) is 3.17. The van der Waals surface area contributed by atoms with Crippen molar-refractivity contribution in [2.75, 3.05) is 32.7 Å². The molecule has 1 aliphatic rings. The summed E-state index contributed by atoms with van der Waals surface area (Å²) in [6.07, 6.45) is 3.44. The number of aliphatic hydroxyl groups is 1. The fourth-order valence-electron chi connectivity index (χ4n) is 4.47. The molecule has 0 spiro atoms. The lowest BCUT2D eigenvalue weighted by Gasteiger charge is -2.39. The van der Waals surface area contributed by atoms with Crippen LogP contribution >= 0.6 is 0 Å². The summed E-state index contributed by atoms with van der Waals surface area (Å²) in [7, 11) is 2.06. The van der Waals surface area contributed by atoms with Crippen molar-refractivity contribution >= 4 is 0 Å². The molecule has 1 saturated heterocycles. The molecule has 30 heavy (non-hydrogen) atoms. The minimum atomic E-state index is -0.448. The highest BCUT2D eigenvalue weighted by Gasteiger charge is 2.29. The van der Waals surface area contributed by atoms with Gasteiger partial charge in [0, 0.05) is 52.2 Å². The molecule has 1 N–H and O–H groups in total. The summed E-state index contributed by atoms with van der Waals surface area (Å²) in [5, 5.41) is 10.8. The first-order valence-electron chi connectivity index (χ1n) is 10.8. The van der Waals surface area contributed by atoms with Gasteiger partial charge in [0.25, 0.3) is 0 Å². The molecule has 1 aromatic heterocycles. The number of nitrogens with zero attached hydrogens (tertiary/aromatic N) is 4. The molecule has 0 amide bonds. The molecule has 0 aliphatic carbocycles. The van der Waals surface area contributed by atoms with Crippen molar-refractivity contribution in [3.8, 4) is 0 Å². The van der Waals surface area contributed by atoms with E-state index in [0.29, 0.717) is 6.54 Å². The van der Waals surface area contributed by atoms with E-state index in [1.54, 1.807) is 0 Å². The second-order valence-corrected chi connectivity index (χ2v) is 8.42. The molecule has 0 radical (unpaired) electrons. The molecule has 1 aliphatic heterocycles. The zero-order valence-corrected chi connectivity index (χ0v) is 18.2. The summed E-state index contributed by atoms with van der Waals surface area (Å²) >= 11 is 0. The number of benzene rings is 2. The fourth-order valence-corrected chi connectivity index (χ4v) is 4.47. The van der Waals surface area contributed by atoms with Gasteiger partial charge >= 0.3 is 0 Å². The average molecular weight is 405 g/mol. The second kappa shape index (κ2) is 9.13. The number of imidazole rings is 1. The molecule has 5 nitrogen and oxygen atoms in total. The quantitative estimate of drug-likeness (QED) is 0.683. The summed E-state index contributed by atoms with van der Waals surface area (Å²) in [6, 6.07) is 17.1. The van der Waals surface area contributed by atoms with E-state index in [1.807, 2.05) is 12.4 Å². The molecule has 2 heterocycles. The molecule has 4 rings (SSSR count). The largest absolute Gasteiger partial charge is 0.387 e. The van der Waals surface area contributed by atoms with Crippen LogP contribution in [0.4, 0.5) is 0 Å². The van der Waals surface area contributed by atoms with Gasteiger partial charge in [0.2, 0.25) is 0 Å². The third-order valence-corrected chi connectivity index (χ3v) is 6.22. The van der Waals surface area contributed by atoms with Crippen LogP contribution in [-0.4, -0.2) is 57.2 Å². The highest BCUT2D eigenvalue weighted by Crippen LogP contribution is 2.29. The lowest BCUT2D eigenvalue weighted by atomic mass is 10.00. The van der Waals surface area contributed by atoms with Gasteiger partial charge in [0.1, 0.15) is 5.82 Å². The smallest absolute Gasteiger partial charge is 0.130 e. The number of hydrogen-bond acceptors (Lipinski definition) is 4. The molecule has 158 valence electrons. The maximum absolute atomic E-state index is 10.8. The maximum atomic E-state index is 10.8. The molecule has 2 aromatic carbocycles. The van der Waals surface area contributed by atoms with Crippen LogP contribution in [0.5, 0.6) is 0 Å². The number of rotatable bonds is 6. The Morgan fingerprint density at radius 1 is 1.00 bits per heavy atom. The zero-order chi connectivity index (χ0) is 21.1. The molecule has 1 fully saturated rings. The van der Waals surface area contributed by atoms with Crippen LogP contribution in [0.2, 0.25) is 0 Å². The van der Waals surface area contributed by atoms with Crippen molar-refractivity contribution in [2.45, 2.75) is 26.0 Å². The Labute approximate surface area is 179 Å². The zero-order valence-electron chi connectivity index (χ0n) is 18.2. The SMILES string of the molecule is Cc1ccc(C)c([C@@H](O)CN2CCN([C@H](c3ccccc3)c3nccn3C)CC2)c1. The van der Waals surface area contributed by atoms with E-state index in [1.165, 1.54) is 11.1 Å². The van der Waals surface area contributed by atoms with E-state index in [-0.39, 0.29) is 6.04 Å². The van der Waals surface area contributed by atoms with E-state index < -0.39 is 6.10 Å². The van der Waals surface area contributed by atoms with Gasteiger partial charge in [-0.05, 0) is 30.5 Å². The molecule has 0 saturated carbocycles. The number of aromatic nitrogens is 2. The molecule has 3 aromatic rings. The van der Waals surface area contributed by atoms with Crippen LogP contribution in [0.15, 0.2) is 60.9 Å². The van der Waals surface area contributed by atoms with Crippen LogP contribution in [0.1, 0.15) is 40.2 Å². The first kappa shape index (κ1) is 20.8. The Balaban J connectivity index is 1.45. The van der Waals surface area contributed by atoms with Gasteiger partial charge in [-0.15, -0.1) is 0 Å². The number of piperazine rings is 1. The van der Waals surface area contributed by atoms with Crippen LogP contribution in [0, 0.1) is 13.8 Å². The summed E-state index contributed by atoms with van der Waals surface area (Å²) in [5.74, 6) is 1.07. The Bertz CT molecular complexity index is 960. The summed E-state index contributed by atoms with van der Waals surface area (Å²) < 4.78 is 2.12. The van der Waals surface area contributed by atoms with E-state index in [2.05, 4.69) is 88.8 Å². The minimum Gasteiger partial charge on any atom is -0.387 e. The third-order valence-electron chi connectivity index (χ3n) is 6.22. The van der Waals surface area contributed by atoms with Gasteiger partial charge in [-0.3, -0.25) is 9.80 Å². The lowest BCUT2D eigenvalue weighted by molar-refractivity contribution is 0.0603. The van der Waals surface area contributed by atoms with Crippen molar-refractivity contribution in [1.82, 2.24) is 19.4 Å². The Morgan fingerprint density at radius 2 is 1.73 bits per heavy atom. The van der Waals surface area contributed by atoms with E-state index in [0.717, 1.165) is 43.1 Å². The van der Waals surface area contributed by atoms with E-state index in [4.69, 9.17) is 0 Å². The highest BCUT2D eigenvalue weighted by molar-refractivity contribution is 5.32. The maximum Gasteiger partial charge on any atom is 0.130 e. The van der Waals surface area contributed by atoms with Gasteiger partial charge < -0.3 is 9.67 Å². The molecule has 0 unspecified atom stereocenters. The fraction of sp³-hybridized carbons (Fsp3) is 0.400. The molecular weight excluding hydrogens is 372 g/mol. The van der Waals surface area contributed by atoms with Crippen LogP contribution in [-0.2, 0) is 7.05 Å². The van der Waals surface area contributed by atoms with E-state index in [9.17, 15) is 5.11 Å². The summed E-state index contributed by atoms with van der Waals surface area (Å²) in [6.45, 7) is 8.61. The predicted molar refractivity (Wildman–Crippen MR) is 120 cm³/mol. The van der Waals surface area contributed by atoms with Crippen LogP contribution in [0.3, 0.4) is 0 Å².